The number of hydrogen-bond donors (Lipinski definition) is 3. The summed E-state index contributed by atoms with van der Waals surface area (Å²) < 4.78 is 0. The normalized spacial score (nSPS) is 16.6. The molecule has 4 nitrogen and oxygen atoms in total. The minimum atomic E-state index is -1.06. The van der Waals surface area contributed by atoms with Crippen LogP contribution in [0.5, 0.6) is 0 Å². The summed E-state index contributed by atoms with van der Waals surface area (Å²) in [7, 11) is 0. The molecule has 15 heavy (non-hydrogen) atoms. The zero-order valence-corrected chi connectivity index (χ0v) is 9.47. The summed E-state index contributed by atoms with van der Waals surface area (Å²) in [6, 6.07) is 0. The molecule has 4 heteroatoms. The maximum Gasteiger partial charge on any atom is 0.305 e. The molecular formula is C11H20O4. The van der Waals surface area contributed by atoms with Gasteiger partial charge in [-0.25, -0.2) is 0 Å². The van der Waals surface area contributed by atoms with Gasteiger partial charge >= 0.3 is 5.97 Å². The predicted molar refractivity (Wildman–Crippen MR) is 57.5 cm³/mol. The molecule has 2 atom stereocenters. The Labute approximate surface area is 90.2 Å². The first-order chi connectivity index (χ1) is 6.70. The second-order valence-electron chi connectivity index (χ2n) is 4.78. The van der Waals surface area contributed by atoms with Crippen molar-refractivity contribution in [3.63, 3.8) is 0 Å². The van der Waals surface area contributed by atoms with Gasteiger partial charge in [0.05, 0.1) is 18.6 Å². The van der Waals surface area contributed by atoms with Crippen molar-refractivity contribution < 1.29 is 20.1 Å². The summed E-state index contributed by atoms with van der Waals surface area (Å²) >= 11 is 0. The number of aliphatic carboxylic acids is 1. The molecule has 0 saturated heterocycles. The minimum Gasteiger partial charge on any atom is -0.481 e. The summed E-state index contributed by atoms with van der Waals surface area (Å²) in [4.78, 5) is 10.2. The molecule has 0 amide bonds. The van der Waals surface area contributed by atoms with E-state index in [2.05, 4.69) is 0 Å². The maximum absolute atomic E-state index is 10.2. The van der Waals surface area contributed by atoms with Gasteiger partial charge in [0.15, 0.2) is 0 Å². The molecule has 3 N–H and O–H groups in total. The molecule has 0 heterocycles. The van der Waals surface area contributed by atoms with E-state index >= 15 is 0 Å². The number of carbonyl (C=O) groups is 1. The summed E-state index contributed by atoms with van der Waals surface area (Å²) in [5.41, 5.74) is -0.0290. The van der Waals surface area contributed by atoms with Gasteiger partial charge in [-0.3, -0.25) is 4.79 Å². The first-order valence-electron chi connectivity index (χ1n) is 4.98. The number of carboxylic acids is 1. The Hall–Kier alpha value is -0.870. The fourth-order valence-corrected chi connectivity index (χ4v) is 1.04. The highest BCUT2D eigenvalue weighted by molar-refractivity contribution is 5.67. The number of aliphatic hydroxyl groups is 2. The van der Waals surface area contributed by atoms with E-state index in [1.165, 1.54) is 0 Å². The monoisotopic (exact) mass is 216 g/mol. The molecule has 0 fully saturated rings. The molecule has 0 aromatic heterocycles. The standard InChI is InChI=1S/C11H20O4/c1-11(2,3)5-4-8(12)6-9(13)7-10(14)15/h4-5,8-9,12-13H,6-7H2,1-3H3,(H,14,15)/t8-,9-/m1/s1. The quantitative estimate of drug-likeness (QED) is 0.603. The summed E-state index contributed by atoms with van der Waals surface area (Å²) in [5, 5.41) is 27.1. The third-order valence-electron chi connectivity index (χ3n) is 1.74. The van der Waals surface area contributed by atoms with E-state index in [4.69, 9.17) is 5.11 Å². The van der Waals surface area contributed by atoms with Gasteiger partial charge in [-0.1, -0.05) is 32.9 Å². The molecule has 0 aliphatic carbocycles. The predicted octanol–water partition coefficient (Wildman–Crippen LogP) is 1.18. The third kappa shape index (κ3) is 9.43. The molecular weight excluding hydrogens is 196 g/mol. The average molecular weight is 216 g/mol. The lowest BCUT2D eigenvalue weighted by Gasteiger charge is -2.14. The van der Waals surface area contributed by atoms with E-state index in [1.807, 2.05) is 26.8 Å². The second kappa shape index (κ2) is 5.88. The Balaban J connectivity index is 3.98. The van der Waals surface area contributed by atoms with Crippen LogP contribution in [0.3, 0.4) is 0 Å². The number of allylic oxidation sites excluding steroid dienone is 1. The van der Waals surface area contributed by atoms with Crippen molar-refractivity contribution in [3.8, 4) is 0 Å². The lowest BCUT2D eigenvalue weighted by Crippen LogP contribution is -2.19. The third-order valence-corrected chi connectivity index (χ3v) is 1.74. The summed E-state index contributed by atoms with van der Waals surface area (Å²) in [6.45, 7) is 5.97. The Morgan fingerprint density at radius 1 is 1.33 bits per heavy atom. The first-order valence-corrected chi connectivity index (χ1v) is 4.98. The molecule has 0 aliphatic heterocycles. The van der Waals surface area contributed by atoms with Crippen LogP contribution >= 0.6 is 0 Å². The van der Waals surface area contributed by atoms with Gasteiger partial charge in [-0.2, -0.15) is 0 Å². The van der Waals surface area contributed by atoms with Crippen LogP contribution in [0, 0.1) is 5.41 Å². The molecule has 0 spiro atoms. The molecule has 0 aromatic rings. The molecule has 0 bridgehead atoms. The van der Waals surface area contributed by atoms with E-state index < -0.39 is 18.2 Å². The molecule has 0 aliphatic rings. The average Bonchev–Trinajstić information content (AvgIpc) is 1.97. The van der Waals surface area contributed by atoms with Crippen LogP contribution in [-0.4, -0.2) is 33.5 Å². The van der Waals surface area contributed by atoms with Crippen LogP contribution in [0.1, 0.15) is 33.6 Å². The van der Waals surface area contributed by atoms with Crippen molar-refractivity contribution in [1.29, 1.82) is 0 Å². The summed E-state index contributed by atoms with van der Waals surface area (Å²) in [6.07, 6.45) is 1.36. The van der Waals surface area contributed by atoms with Crippen LogP contribution < -0.4 is 0 Å². The molecule has 0 rings (SSSR count). The minimum absolute atomic E-state index is 0.0290. The van der Waals surface area contributed by atoms with Gasteiger partial charge < -0.3 is 15.3 Å². The van der Waals surface area contributed by atoms with Crippen molar-refractivity contribution in [2.45, 2.75) is 45.8 Å². The van der Waals surface area contributed by atoms with E-state index in [0.717, 1.165) is 0 Å². The molecule has 0 unspecified atom stereocenters. The van der Waals surface area contributed by atoms with Crippen LogP contribution in [0.25, 0.3) is 0 Å². The van der Waals surface area contributed by atoms with E-state index in [0.29, 0.717) is 0 Å². The number of rotatable bonds is 5. The Kier molecular flexibility index (Phi) is 5.54. The Morgan fingerprint density at radius 3 is 2.27 bits per heavy atom. The highest BCUT2D eigenvalue weighted by atomic mass is 16.4. The van der Waals surface area contributed by atoms with E-state index in [-0.39, 0.29) is 18.3 Å². The highest BCUT2D eigenvalue weighted by Gasteiger charge is 2.14. The lowest BCUT2D eigenvalue weighted by atomic mass is 9.95. The van der Waals surface area contributed by atoms with E-state index in [9.17, 15) is 15.0 Å². The smallest absolute Gasteiger partial charge is 0.305 e. The van der Waals surface area contributed by atoms with Crippen molar-refractivity contribution in [2.75, 3.05) is 0 Å². The van der Waals surface area contributed by atoms with Crippen LogP contribution in [-0.2, 0) is 4.79 Å². The van der Waals surface area contributed by atoms with Gasteiger partial charge in [0, 0.05) is 6.42 Å². The topological polar surface area (TPSA) is 77.8 Å². The number of carboxylic acid groups (broad SMARTS) is 1. The van der Waals surface area contributed by atoms with Crippen LogP contribution in [0.15, 0.2) is 12.2 Å². The number of hydrogen-bond acceptors (Lipinski definition) is 3. The Morgan fingerprint density at radius 2 is 1.87 bits per heavy atom. The fraction of sp³-hybridized carbons (Fsp3) is 0.727. The first kappa shape index (κ1) is 14.1. The van der Waals surface area contributed by atoms with Gasteiger partial charge in [0.25, 0.3) is 0 Å². The lowest BCUT2D eigenvalue weighted by molar-refractivity contribution is -0.139. The van der Waals surface area contributed by atoms with Gasteiger partial charge in [-0.05, 0) is 5.41 Å². The maximum atomic E-state index is 10.2. The van der Waals surface area contributed by atoms with Crippen LogP contribution in [0.2, 0.25) is 0 Å². The van der Waals surface area contributed by atoms with Crippen molar-refractivity contribution >= 4 is 5.97 Å². The molecule has 0 saturated carbocycles. The van der Waals surface area contributed by atoms with Gasteiger partial charge in [0.1, 0.15) is 0 Å². The van der Waals surface area contributed by atoms with Crippen molar-refractivity contribution in [1.82, 2.24) is 0 Å². The summed E-state index contributed by atoms with van der Waals surface area (Å²) in [5.74, 6) is -1.06. The van der Waals surface area contributed by atoms with Gasteiger partial charge in [0.2, 0.25) is 0 Å². The largest absolute Gasteiger partial charge is 0.481 e. The zero-order chi connectivity index (χ0) is 12.1. The second-order valence-corrected chi connectivity index (χ2v) is 4.78. The molecule has 0 radical (unpaired) electrons. The zero-order valence-electron chi connectivity index (χ0n) is 9.47. The molecule has 0 aromatic carbocycles. The van der Waals surface area contributed by atoms with Crippen molar-refractivity contribution in [2.24, 2.45) is 5.41 Å². The van der Waals surface area contributed by atoms with Crippen molar-refractivity contribution in [3.05, 3.63) is 12.2 Å². The molecule has 88 valence electrons. The SMILES string of the molecule is CC(C)(C)C=C[C@@H](O)C[C@@H](O)CC(=O)O. The van der Waals surface area contributed by atoms with E-state index in [1.54, 1.807) is 6.08 Å². The van der Waals surface area contributed by atoms with Crippen LogP contribution in [0.4, 0.5) is 0 Å². The highest BCUT2D eigenvalue weighted by Crippen LogP contribution is 2.15. The number of aliphatic hydroxyl groups excluding tert-OH is 2. The Bertz CT molecular complexity index is 227. The fourth-order valence-electron chi connectivity index (χ4n) is 1.04. The van der Waals surface area contributed by atoms with Gasteiger partial charge in [-0.15, -0.1) is 0 Å².